The maximum absolute atomic E-state index is 11.0. The van der Waals surface area contributed by atoms with Crippen LogP contribution >= 0.6 is 57.5 Å². The number of hydrogen-bond donors (Lipinski definition) is 2. The quantitative estimate of drug-likeness (QED) is 0.0521. The predicted molar refractivity (Wildman–Crippen MR) is 213 cm³/mol. The topological polar surface area (TPSA) is 100 Å². The molecule has 0 aliphatic rings. The molecule has 0 fully saturated rings. The molecule has 12 heteroatoms. The molecule has 0 unspecified atom stereocenters. The number of ether oxygens (including phenoxy) is 1. The first-order chi connectivity index (χ1) is 23.5. The fourth-order valence-corrected chi connectivity index (χ4v) is 4.65. The van der Waals surface area contributed by atoms with Crippen LogP contribution in [0.3, 0.4) is 0 Å². The average molecular weight is 765 g/mol. The molecule has 2 heterocycles. The van der Waals surface area contributed by atoms with Crippen LogP contribution in [0.4, 0.5) is 11.4 Å². The Labute approximate surface area is 313 Å². The number of allylic oxidation sites excluding steroid dienone is 1. The highest BCUT2D eigenvalue weighted by atomic mass is 35.5. The minimum atomic E-state index is -0.509. The van der Waals surface area contributed by atoms with E-state index in [2.05, 4.69) is 74.4 Å². The molecule has 0 bridgehead atoms. The number of thiophene rings is 2. The van der Waals surface area contributed by atoms with E-state index < -0.39 is 11.2 Å². The number of aliphatic hydroxyl groups is 1. The molecule has 0 radical (unpaired) electrons. The van der Waals surface area contributed by atoms with Crippen LogP contribution in [-0.4, -0.2) is 47.2 Å². The van der Waals surface area contributed by atoms with E-state index in [0.717, 1.165) is 57.5 Å². The Kier molecular flexibility index (Phi) is 27.4. The molecule has 4 rings (SSSR count). The number of aryl methyl sites for hydroxylation is 2. The summed E-state index contributed by atoms with van der Waals surface area (Å²) in [4.78, 5) is 34.0. The lowest BCUT2D eigenvalue weighted by molar-refractivity contribution is -0.139. The Balaban J connectivity index is 0.000000703. The number of benzene rings is 2. The molecule has 0 spiro atoms. The van der Waals surface area contributed by atoms with Gasteiger partial charge in [-0.15, -0.1) is 45.9 Å². The van der Waals surface area contributed by atoms with Crippen LogP contribution in [0, 0.1) is 13.8 Å². The van der Waals surface area contributed by atoms with Crippen molar-refractivity contribution in [1.82, 2.24) is 5.32 Å². The van der Waals surface area contributed by atoms with Gasteiger partial charge >= 0.3 is 5.97 Å². The van der Waals surface area contributed by atoms with Crippen molar-refractivity contribution in [2.45, 2.75) is 40.9 Å². The SMILES string of the molecule is C=CC(=O)Cl.C=CC(=O)OCc1ccc(N=Cc2ccc(C)s2)cc1.CCNCC.Cc1ccc(C=Nc2ccc(CO)cc2)s1.ClCCl. The van der Waals surface area contributed by atoms with Gasteiger partial charge in [0.2, 0.25) is 5.24 Å². The lowest BCUT2D eigenvalue weighted by atomic mass is 10.2. The van der Waals surface area contributed by atoms with Crippen molar-refractivity contribution < 1.29 is 19.4 Å². The van der Waals surface area contributed by atoms with E-state index in [9.17, 15) is 9.59 Å². The lowest BCUT2D eigenvalue weighted by Gasteiger charge is -2.02. The number of esters is 1. The van der Waals surface area contributed by atoms with Crippen LogP contribution < -0.4 is 5.32 Å². The van der Waals surface area contributed by atoms with Gasteiger partial charge in [0, 0.05) is 38.0 Å². The second-order valence-electron chi connectivity index (χ2n) is 9.28. The van der Waals surface area contributed by atoms with Gasteiger partial charge in [0.15, 0.2) is 0 Å². The smallest absolute Gasteiger partial charge is 0.330 e. The first-order valence-corrected chi connectivity index (χ1v) is 18.1. The third-order valence-corrected chi connectivity index (χ3v) is 7.49. The van der Waals surface area contributed by atoms with Crippen molar-refractivity contribution in [1.29, 1.82) is 0 Å². The summed E-state index contributed by atoms with van der Waals surface area (Å²) < 4.78 is 4.96. The van der Waals surface area contributed by atoms with Crippen LogP contribution in [0.15, 0.2) is 108 Å². The highest BCUT2D eigenvalue weighted by molar-refractivity contribution is 7.13. The second-order valence-corrected chi connectivity index (χ2v) is 13.1. The number of nitrogens with zero attached hydrogens (tertiary/aromatic N) is 2. The summed E-state index contributed by atoms with van der Waals surface area (Å²) in [5.74, 6) is -0.417. The fraction of sp³-hybridized carbons (Fsp3) is 0.243. The lowest BCUT2D eigenvalue weighted by Crippen LogP contribution is -2.09. The first kappa shape index (κ1) is 45.6. The summed E-state index contributed by atoms with van der Waals surface area (Å²) in [5, 5.41) is 11.7. The molecule has 49 heavy (non-hydrogen) atoms. The van der Waals surface area contributed by atoms with Crippen LogP contribution in [0.25, 0.3) is 0 Å². The van der Waals surface area contributed by atoms with Crippen LogP contribution in [-0.2, 0) is 27.5 Å². The van der Waals surface area contributed by atoms with E-state index in [4.69, 9.17) is 44.6 Å². The molecule has 2 aromatic carbocycles. The fourth-order valence-electron chi connectivity index (χ4n) is 3.15. The second kappa shape index (κ2) is 29.5. The minimum Gasteiger partial charge on any atom is -0.458 e. The van der Waals surface area contributed by atoms with E-state index in [-0.39, 0.29) is 18.6 Å². The Bertz CT molecular complexity index is 1550. The Hall–Kier alpha value is -3.41. The van der Waals surface area contributed by atoms with Gasteiger partial charge in [-0.05, 0) is 104 Å². The van der Waals surface area contributed by atoms with Crippen molar-refractivity contribution in [3.8, 4) is 0 Å². The van der Waals surface area contributed by atoms with Gasteiger partial charge in [-0.2, -0.15) is 0 Å². The van der Waals surface area contributed by atoms with Gasteiger partial charge in [-0.25, -0.2) is 4.79 Å². The summed E-state index contributed by atoms with van der Waals surface area (Å²) >= 11 is 17.7. The Morgan fingerprint density at radius 1 is 0.776 bits per heavy atom. The van der Waals surface area contributed by atoms with Crippen LogP contribution in [0.5, 0.6) is 0 Å². The van der Waals surface area contributed by atoms with Crippen molar-refractivity contribution in [3.63, 3.8) is 0 Å². The summed E-state index contributed by atoms with van der Waals surface area (Å²) in [5.41, 5.74) is 3.61. The standard InChI is InChI=1S/C16H15NO2S.C13H13NOS.C4H11N.C3H3ClO.CH2Cl2/c1-3-16(18)19-11-13-5-7-14(8-6-13)17-10-15-9-4-12(2)20-15;1-10-2-7-13(16-10)8-14-12-5-3-11(9-15)4-6-12;1-3-5-4-2;1-2-3(4)5;2-1-3/h3-10H,1,11H2,2H3;2-8,15H,9H2,1H3;5H,3-4H2,1-2H3;2H,1H2;1H2. The summed E-state index contributed by atoms with van der Waals surface area (Å²) in [6.45, 7) is 17.3. The Morgan fingerprint density at radius 2 is 1.18 bits per heavy atom. The molecule has 264 valence electrons. The molecule has 0 saturated heterocycles. The largest absolute Gasteiger partial charge is 0.458 e. The van der Waals surface area contributed by atoms with E-state index in [1.54, 1.807) is 22.7 Å². The molecule has 0 saturated carbocycles. The zero-order chi connectivity index (χ0) is 36.9. The maximum Gasteiger partial charge on any atom is 0.330 e. The molecule has 0 atom stereocenters. The molecular formula is C37H44Cl3N3O4S2. The predicted octanol–water partition coefficient (Wildman–Crippen LogP) is 10.3. The van der Waals surface area contributed by atoms with Gasteiger partial charge in [0.25, 0.3) is 0 Å². The van der Waals surface area contributed by atoms with Gasteiger partial charge in [-0.3, -0.25) is 14.8 Å². The zero-order valence-electron chi connectivity index (χ0n) is 28.2. The highest BCUT2D eigenvalue weighted by Gasteiger charge is 1.99. The van der Waals surface area contributed by atoms with Crippen molar-refractivity contribution in [2.75, 3.05) is 18.4 Å². The van der Waals surface area contributed by atoms with Gasteiger partial charge < -0.3 is 15.2 Å². The molecule has 0 aliphatic heterocycles. The summed E-state index contributed by atoms with van der Waals surface area (Å²) in [6.07, 6.45) is 5.92. The molecule has 0 aliphatic carbocycles. The average Bonchev–Trinajstić information content (AvgIpc) is 3.74. The maximum atomic E-state index is 11.0. The normalized spacial score (nSPS) is 9.88. The van der Waals surface area contributed by atoms with Gasteiger partial charge in [-0.1, -0.05) is 51.3 Å². The summed E-state index contributed by atoms with van der Waals surface area (Å²) in [6, 6.07) is 23.4. The molecular weight excluding hydrogens is 721 g/mol. The molecule has 4 aromatic rings. The zero-order valence-corrected chi connectivity index (χ0v) is 32.1. The van der Waals surface area contributed by atoms with Crippen molar-refractivity contribution in [3.05, 3.63) is 129 Å². The molecule has 2 aromatic heterocycles. The number of carbonyl (C=O) groups excluding carboxylic acids is 2. The number of carbonyl (C=O) groups is 2. The molecule has 0 amide bonds. The Morgan fingerprint density at radius 3 is 1.47 bits per heavy atom. The van der Waals surface area contributed by atoms with E-state index in [1.165, 1.54) is 9.75 Å². The monoisotopic (exact) mass is 763 g/mol. The number of hydrogen-bond acceptors (Lipinski definition) is 9. The van der Waals surface area contributed by atoms with E-state index in [1.807, 2.05) is 67.0 Å². The number of nitrogens with one attached hydrogen (secondary N) is 1. The van der Waals surface area contributed by atoms with Crippen molar-refractivity contribution in [2.24, 2.45) is 9.98 Å². The molecule has 7 nitrogen and oxygen atoms in total. The number of aliphatic hydroxyl groups excluding tert-OH is 1. The third kappa shape index (κ3) is 24.4. The summed E-state index contributed by atoms with van der Waals surface area (Å²) in [7, 11) is 0. The van der Waals surface area contributed by atoms with E-state index in [0.29, 0.717) is 0 Å². The number of aliphatic imine (C=N–C) groups is 2. The number of halogens is 3. The molecule has 2 N–H and O–H groups in total. The minimum absolute atomic E-state index is 0.0775. The first-order valence-electron chi connectivity index (χ1n) is 15.0. The highest BCUT2D eigenvalue weighted by Crippen LogP contribution is 2.18. The number of alkyl halides is 2. The third-order valence-electron chi connectivity index (χ3n) is 5.47. The van der Waals surface area contributed by atoms with E-state index >= 15 is 0 Å². The number of rotatable bonds is 11. The van der Waals surface area contributed by atoms with Gasteiger partial charge in [0.1, 0.15) is 6.61 Å². The van der Waals surface area contributed by atoms with Crippen molar-refractivity contribution >= 4 is 92.5 Å². The van der Waals surface area contributed by atoms with Gasteiger partial charge in [0.05, 0.1) is 23.3 Å². The van der Waals surface area contributed by atoms with Crippen LogP contribution in [0.1, 0.15) is 44.5 Å². The van der Waals surface area contributed by atoms with Crippen LogP contribution in [0.2, 0.25) is 0 Å².